The molecular weight excluding hydrogens is 419 g/mol. The fourth-order valence-corrected chi connectivity index (χ4v) is 4.85. The lowest BCUT2D eigenvalue weighted by Gasteiger charge is -2.30. The molecule has 9 heteroatoms. The molecule has 1 saturated heterocycles. The van der Waals surface area contributed by atoms with Crippen LogP contribution in [0.3, 0.4) is 0 Å². The molecule has 1 aliphatic heterocycles. The Hall–Kier alpha value is -2.39. The number of esters is 1. The van der Waals surface area contributed by atoms with E-state index in [9.17, 15) is 26.4 Å². The standard InChI is InChI=1S/C21H22F3NO4S/c1-15-6-8-18(9-7-15)30(27,28)25-12-10-16(11-13-25)20(26)29-14-17-4-2-3-5-19(17)21(22,23)24/h2-9,16H,10-14H2,1H3. The second-order valence-electron chi connectivity index (χ2n) is 7.25. The van der Waals surface area contributed by atoms with Crippen molar-refractivity contribution in [1.29, 1.82) is 0 Å². The molecule has 0 spiro atoms. The van der Waals surface area contributed by atoms with Crippen molar-refractivity contribution in [2.75, 3.05) is 13.1 Å². The minimum absolute atomic E-state index is 0.113. The normalized spacial score (nSPS) is 16.4. The maximum absolute atomic E-state index is 13.0. The first-order chi connectivity index (χ1) is 14.1. The lowest BCUT2D eigenvalue weighted by atomic mass is 9.98. The third-order valence-corrected chi connectivity index (χ3v) is 7.05. The van der Waals surface area contributed by atoms with E-state index < -0.39 is 40.3 Å². The molecule has 0 amide bonds. The zero-order valence-corrected chi connectivity index (χ0v) is 17.2. The lowest BCUT2D eigenvalue weighted by Crippen LogP contribution is -2.40. The van der Waals surface area contributed by atoms with Gasteiger partial charge in [-0.1, -0.05) is 35.9 Å². The Morgan fingerprint density at radius 2 is 1.67 bits per heavy atom. The van der Waals surface area contributed by atoms with Gasteiger partial charge in [0.15, 0.2) is 0 Å². The Morgan fingerprint density at radius 3 is 2.27 bits per heavy atom. The van der Waals surface area contributed by atoms with E-state index in [4.69, 9.17) is 4.74 Å². The van der Waals surface area contributed by atoms with Gasteiger partial charge in [0.25, 0.3) is 0 Å². The molecule has 1 heterocycles. The Bertz CT molecular complexity index is 996. The first kappa shape index (κ1) is 22.3. The van der Waals surface area contributed by atoms with Gasteiger partial charge in [0, 0.05) is 18.7 Å². The topological polar surface area (TPSA) is 63.7 Å². The van der Waals surface area contributed by atoms with Gasteiger partial charge in [-0.25, -0.2) is 8.42 Å². The van der Waals surface area contributed by atoms with Crippen LogP contribution in [-0.2, 0) is 32.3 Å². The van der Waals surface area contributed by atoms with Crippen molar-refractivity contribution in [1.82, 2.24) is 4.31 Å². The minimum Gasteiger partial charge on any atom is -0.461 e. The fourth-order valence-electron chi connectivity index (χ4n) is 3.38. The number of alkyl halides is 3. The van der Waals surface area contributed by atoms with Crippen LogP contribution in [0.5, 0.6) is 0 Å². The smallest absolute Gasteiger partial charge is 0.416 e. The van der Waals surface area contributed by atoms with Gasteiger partial charge in [-0.05, 0) is 38.0 Å². The molecule has 0 unspecified atom stereocenters. The summed E-state index contributed by atoms with van der Waals surface area (Å²) in [5.74, 6) is -1.16. The number of sulfonamides is 1. The highest BCUT2D eigenvalue weighted by Gasteiger charge is 2.35. The van der Waals surface area contributed by atoms with Gasteiger partial charge in [-0.3, -0.25) is 4.79 Å². The first-order valence-electron chi connectivity index (χ1n) is 9.47. The number of halogens is 3. The lowest BCUT2D eigenvalue weighted by molar-refractivity contribution is -0.153. The van der Waals surface area contributed by atoms with Gasteiger partial charge in [-0.2, -0.15) is 17.5 Å². The zero-order chi connectivity index (χ0) is 21.9. The van der Waals surface area contributed by atoms with E-state index in [-0.39, 0.29) is 36.4 Å². The summed E-state index contributed by atoms with van der Waals surface area (Å²) in [7, 11) is -3.65. The zero-order valence-electron chi connectivity index (χ0n) is 16.4. The van der Waals surface area contributed by atoms with Crippen molar-refractivity contribution < 1.29 is 31.1 Å². The molecule has 0 aliphatic carbocycles. The Morgan fingerprint density at radius 1 is 1.07 bits per heavy atom. The molecule has 0 bridgehead atoms. The summed E-state index contributed by atoms with van der Waals surface area (Å²) in [5.41, 5.74) is -0.00274. The highest BCUT2D eigenvalue weighted by Crippen LogP contribution is 2.32. The van der Waals surface area contributed by atoms with Crippen LogP contribution in [0.25, 0.3) is 0 Å². The number of rotatable bonds is 5. The molecule has 5 nitrogen and oxygen atoms in total. The molecule has 162 valence electrons. The monoisotopic (exact) mass is 441 g/mol. The van der Waals surface area contributed by atoms with Gasteiger partial charge < -0.3 is 4.74 Å². The molecular formula is C21H22F3NO4S. The number of benzene rings is 2. The van der Waals surface area contributed by atoms with Crippen LogP contribution in [0.4, 0.5) is 13.2 Å². The average molecular weight is 441 g/mol. The van der Waals surface area contributed by atoms with Gasteiger partial charge in [0.1, 0.15) is 6.61 Å². The SMILES string of the molecule is Cc1ccc(S(=O)(=O)N2CCC(C(=O)OCc3ccccc3C(F)(F)F)CC2)cc1. The molecule has 0 atom stereocenters. The van der Waals surface area contributed by atoms with Crippen LogP contribution in [0, 0.1) is 12.8 Å². The highest BCUT2D eigenvalue weighted by atomic mass is 32.2. The summed E-state index contributed by atoms with van der Waals surface area (Å²) in [6.45, 7) is 1.68. The molecule has 2 aromatic rings. The Balaban J connectivity index is 1.58. The van der Waals surface area contributed by atoms with E-state index in [1.165, 1.54) is 22.5 Å². The predicted molar refractivity (Wildman–Crippen MR) is 104 cm³/mol. The molecule has 0 N–H and O–H groups in total. The van der Waals surface area contributed by atoms with Crippen LogP contribution in [-0.4, -0.2) is 31.8 Å². The molecule has 1 aliphatic rings. The number of nitrogens with zero attached hydrogens (tertiary/aromatic N) is 1. The van der Waals surface area contributed by atoms with E-state index in [0.29, 0.717) is 0 Å². The molecule has 30 heavy (non-hydrogen) atoms. The summed E-state index contributed by atoms with van der Waals surface area (Å²) < 4.78 is 71.0. The summed E-state index contributed by atoms with van der Waals surface area (Å²) in [4.78, 5) is 12.5. The number of aryl methyl sites for hydroxylation is 1. The molecule has 1 fully saturated rings. The number of carbonyl (C=O) groups is 1. The predicted octanol–water partition coefficient (Wildman–Crippen LogP) is 4.16. The van der Waals surface area contributed by atoms with Gasteiger partial charge >= 0.3 is 12.1 Å². The third-order valence-electron chi connectivity index (χ3n) is 5.14. The first-order valence-corrected chi connectivity index (χ1v) is 10.9. The Kier molecular flexibility index (Phi) is 6.52. The van der Waals surface area contributed by atoms with Crippen molar-refractivity contribution >= 4 is 16.0 Å². The maximum atomic E-state index is 13.0. The van der Waals surface area contributed by atoms with Gasteiger partial charge in [0.05, 0.1) is 16.4 Å². The van der Waals surface area contributed by atoms with Crippen molar-refractivity contribution in [3.8, 4) is 0 Å². The summed E-state index contributed by atoms with van der Waals surface area (Å²) in [6.07, 6.45) is -4.02. The van der Waals surface area contributed by atoms with E-state index in [0.717, 1.165) is 11.6 Å². The van der Waals surface area contributed by atoms with Gasteiger partial charge in [-0.15, -0.1) is 0 Å². The number of ether oxygens (including phenoxy) is 1. The highest BCUT2D eigenvalue weighted by molar-refractivity contribution is 7.89. The molecule has 3 rings (SSSR count). The van der Waals surface area contributed by atoms with Crippen LogP contribution < -0.4 is 0 Å². The number of hydrogen-bond acceptors (Lipinski definition) is 4. The van der Waals surface area contributed by atoms with Gasteiger partial charge in [0.2, 0.25) is 10.0 Å². The third kappa shape index (κ3) is 5.02. The van der Waals surface area contributed by atoms with E-state index in [1.54, 1.807) is 24.3 Å². The fraction of sp³-hybridized carbons (Fsp3) is 0.381. The van der Waals surface area contributed by atoms with Crippen LogP contribution in [0.2, 0.25) is 0 Å². The largest absolute Gasteiger partial charge is 0.461 e. The van der Waals surface area contributed by atoms with Crippen LogP contribution in [0.15, 0.2) is 53.4 Å². The minimum atomic E-state index is -4.53. The van der Waals surface area contributed by atoms with Crippen molar-refractivity contribution in [3.05, 3.63) is 65.2 Å². The number of carbonyl (C=O) groups excluding carboxylic acids is 1. The van der Waals surface area contributed by atoms with Crippen molar-refractivity contribution in [2.24, 2.45) is 5.92 Å². The van der Waals surface area contributed by atoms with E-state index >= 15 is 0 Å². The quantitative estimate of drug-likeness (QED) is 0.654. The summed E-state index contributed by atoms with van der Waals surface area (Å²) in [6, 6.07) is 11.5. The maximum Gasteiger partial charge on any atom is 0.416 e. The van der Waals surface area contributed by atoms with Crippen molar-refractivity contribution in [2.45, 2.75) is 37.4 Å². The number of hydrogen-bond donors (Lipinski definition) is 0. The molecule has 0 aromatic heterocycles. The van der Waals surface area contributed by atoms with E-state index in [1.807, 2.05) is 6.92 Å². The number of piperidine rings is 1. The van der Waals surface area contributed by atoms with Crippen molar-refractivity contribution in [3.63, 3.8) is 0 Å². The summed E-state index contributed by atoms with van der Waals surface area (Å²) in [5, 5.41) is 0. The second kappa shape index (κ2) is 8.77. The molecule has 0 radical (unpaired) electrons. The van der Waals surface area contributed by atoms with Crippen LogP contribution >= 0.6 is 0 Å². The molecule has 0 saturated carbocycles. The molecule has 2 aromatic carbocycles. The van der Waals surface area contributed by atoms with E-state index in [2.05, 4.69) is 0 Å². The summed E-state index contributed by atoms with van der Waals surface area (Å²) >= 11 is 0. The van der Waals surface area contributed by atoms with Crippen LogP contribution in [0.1, 0.15) is 29.5 Å². The second-order valence-corrected chi connectivity index (χ2v) is 9.19. The Labute approximate surface area is 173 Å². The average Bonchev–Trinajstić information content (AvgIpc) is 2.72.